The summed E-state index contributed by atoms with van der Waals surface area (Å²) >= 11 is 0. The van der Waals surface area contributed by atoms with Crippen molar-refractivity contribution in [3.63, 3.8) is 0 Å². The number of pyridine rings is 1. The number of rotatable bonds is 5. The number of fused-ring (bicyclic) bond motifs is 1. The van der Waals surface area contributed by atoms with Gasteiger partial charge < -0.3 is 19.6 Å². The van der Waals surface area contributed by atoms with E-state index in [0.29, 0.717) is 23.8 Å². The van der Waals surface area contributed by atoms with Crippen LogP contribution in [-0.4, -0.2) is 39.9 Å². The molecule has 0 saturated carbocycles. The SMILES string of the molecule is COCC(C)Oc1cc(O)cc(-c2nc3ncccc3[nH]2)c1. The van der Waals surface area contributed by atoms with E-state index in [0.717, 1.165) is 11.1 Å². The summed E-state index contributed by atoms with van der Waals surface area (Å²) < 4.78 is 10.8. The molecule has 0 aliphatic rings. The van der Waals surface area contributed by atoms with Gasteiger partial charge in [0.05, 0.1) is 12.1 Å². The van der Waals surface area contributed by atoms with Gasteiger partial charge in [-0.1, -0.05) is 0 Å². The third-order valence-electron chi connectivity index (χ3n) is 3.16. The van der Waals surface area contributed by atoms with Gasteiger partial charge in [-0.2, -0.15) is 0 Å². The van der Waals surface area contributed by atoms with E-state index in [1.54, 1.807) is 25.4 Å². The van der Waals surface area contributed by atoms with E-state index in [9.17, 15) is 5.11 Å². The van der Waals surface area contributed by atoms with Crippen molar-refractivity contribution >= 4 is 11.2 Å². The Morgan fingerprint density at radius 3 is 2.95 bits per heavy atom. The summed E-state index contributed by atoms with van der Waals surface area (Å²) in [5.74, 6) is 1.31. The zero-order chi connectivity index (χ0) is 15.5. The Morgan fingerprint density at radius 1 is 1.32 bits per heavy atom. The summed E-state index contributed by atoms with van der Waals surface area (Å²) in [6.07, 6.45) is 1.58. The van der Waals surface area contributed by atoms with E-state index in [4.69, 9.17) is 9.47 Å². The largest absolute Gasteiger partial charge is 0.508 e. The number of ether oxygens (including phenoxy) is 2. The second-order valence-electron chi connectivity index (χ2n) is 5.06. The van der Waals surface area contributed by atoms with Gasteiger partial charge in [0.2, 0.25) is 0 Å². The number of aromatic nitrogens is 3. The number of aromatic amines is 1. The Morgan fingerprint density at radius 2 is 2.18 bits per heavy atom. The number of nitrogens with zero attached hydrogens (tertiary/aromatic N) is 2. The molecule has 0 bridgehead atoms. The molecule has 114 valence electrons. The van der Waals surface area contributed by atoms with E-state index >= 15 is 0 Å². The van der Waals surface area contributed by atoms with Crippen LogP contribution in [0.4, 0.5) is 0 Å². The Hall–Kier alpha value is -2.60. The average molecular weight is 299 g/mol. The maximum atomic E-state index is 9.90. The van der Waals surface area contributed by atoms with Crippen molar-refractivity contribution in [2.24, 2.45) is 0 Å². The summed E-state index contributed by atoms with van der Waals surface area (Å²) in [6, 6.07) is 8.76. The second kappa shape index (κ2) is 6.03. The maximum absolute atomic E-state index is 9.90. The predicted octanol–water partition coefficient (Wildman–Crippen LogP) is 2.74. The quantitative estimate of drug-likeness (QED) is 0.757. The van der Waals surface area contributed by atoms with Crippen molar-refractivity contribution in [1.29, 1.82) is 0 Å². The first-order valence-electron chi connectivity index (χ1n) is 6.96. The fourth-order valence-corrected chi connectivity index (χ4v) is 2.27. The number of phenols is 1. The molecular weight excluding hydrogens is 282 g/mol. The van der Waals surface area contributed by atoms with Crippen LogP contribution in [0.15, 0.2) is 36.5 Å². The fourth-order valence-electron chi connectivity index (χ4n) is 2.27. The number of phenolic OH excluding ortho intramolecular Hbond substituents is 1. The lowest BCUT2D eigenvalue weighted by Gasteiger charge is -2.14. The minimum absolute atomic E-state index is 0.114. The molecule has 0 fully saturated rings. The molecule has 3 rings (SSSR count). The number of benzene rings is 1. The first-order valence-corrected chi connectivity index (χ1v) is 6.96. The van der Waals surface area contributed by atoms with Crippen LogP contribution < -0.4 is 4.74 Å². The van der Waals surface area contributed by atoms with Crippen LogP contribution in [0.2, 0.25) is 0 Å². The minimum atomic E-state index is -0.114. The zero-order valence-corrected chi connectivity index (χ0v) is 12.4. The Bertz CT molecular complexity index is 752. The summed E-state index contributed by atoms with van der Waals surface area (Å²) in [5.41, 5.74) is 2.21. The molecule has 0 radical (unpaired) electrons. The van der Waals surface area contributed by atoms with Crippen LogP contribution >= 0.6 is 0 Å². The lowest BCUT2D eigenvalue weighted by molar-refractivity contribution is 0.0919. The monoisotopic (exact) mass is 299 g/mol. The molecule has 1 unspecified atom stereocenters. The predicted molar refractivity (Wildman–Crippen MR) is 83.0 cm³/mol. The number of aromatic hydroxyl groups is 1. The molecule has 0 amide bonds. The summed E-state index contributed by atoms with van der Waals surface area (Å²) in [5, 5.41) is 9.90. The molecule has 3 aromatic rings. The minimum Gasteiger partial charge on any atom is -0.508 e. The molecule has 2 aromatic heterocycles. The Labute approximate surface area is 127 Å². The first kappa shape index (κ1) is 14.3. The van der Waals surface area contributed by atoms with Gasteiger partial charge in [0.1, 0.15) is 23.4 Å². The van der Waals surface area contributed by atoms with E-state index < -0.39 is 0 Å². The van der Waals surface area contributed by atoms with Gasteiger partial charge in [0, 0.05) is 24.9 Å². The molecule has 0 aliphatic carbocycles. The van der Waals surface area contributed by atoms with Gasteiger partial charge in [0.25, 0.3) is 0 Å². The van der Waals surface area contributed by atoms with Crippen molar-refractivity contribution in [1.82, 2.24) is 15.0 Å². The van der Waals surface area contributed by atoms with Crippen molar-refractivity contribution in [3.8, 4) is 22.9 Å². The number of methoxy groups -OCH3 is 1. The van der Waals surface area contributed by atoms with Crippen LogP contribution in [-0.2, 0) is 4.74 Å². The molecule has 1 aromatic carbocycles. The van der Waals surface area contributed by atoms with E-state index in [1.807, 2.05) is 25.1 Å². The van der Waals surface area contributed by atoms with Crippen molar-refractivity contribution in [3.05, 3.63) is 36.5 Å². The summed E-state index contributed by atoms with van der Waals surface area (Å²) in [6.45, 7) is 2.37. The summed E-state index contributed by atoms with van der Waals surface area (Å²) in [4.78, 5) is 11.8. The molecule has 0 saturated heterocycles. The Kier molecular flexibility index (Phi) is 3.93. The third kappa shape index (κ3) is 3.01. The van der Waals surface area contributed by atoms with Crippen molar-refractivity contribution in [2.75, 3.05) is 13.7 Å². The van der Waals surface area contributed by atoms with Gasteiger partial charge in [-0.05, 0) is 31.2 Å². The molecular formula is C16H17N3O3. The number of nitrogens with one attached hydrogen (secondary N) is 1. The van der Waals surface area contributed by atoms with E-state index in [1.165, 1.54) is 0 Å². The fraction of sp³-hybridized carbons (Fsp3) is 0.250. The van der Waals surface area contributed by atoms with Gasteiger partial charge >= 0.3 is 0 Å². The standard InChI is InChI=1S/C16H17N3O3/c1-10(9-21-2)22-13-7-11(6-12(20)8-13)15-18-14-4-3-5-17-16(14)19-15/h3-8,10,20H,9H2,1-2H3,(H,17,18,19). The lowest BCUT2D eigenvalue weighted by Crippen LogP contribution is -2.17. The molecule has 2 N–H and O–H groups in total. The first-order chi connectivity index (χ1) is 10.7. The normalized spacial score (nSPS) is 12.5. The highest BCUT2D eigenvalue weighted by Crippen LogP contribution is 2.29. The van der Waals surface area contributed by atoms with Crippen molar-refractivity contribution in [2.45, 2.75) is 13.0 Å². The summed E-state index contributed by atoms with van der Waals surface area (Å²) in [7, 11) is 1.62. The van der Waals surface area contributed by atoms with Crippen LogP contribution in [0.25, 0.3) is 22.6 Å². The third-order valence-corrected chi connectivity index (χ3v) is 3.16. The maximum Gasteiger partial charge on any atom is 0.178 e. The molecule has 2 heterocycles. The number of H-pyrrole nitrogens is 1. The molecule has 6 nitrogen and oxygen atoms in total. The lowest BCUT2D eigenvalue weighted by atomic mass is 10.2. The highest BCUT2D eigenvalue weighted by atomic mass is 16.5. The molecule has 22 heavy (non-hydrogen) atoms. The highest BCUT2D eigenvalue weighted by molar-refractivity contribution is 5.76. The van der Waals surface area contributed by atoms with Crippen LogP contribution in [0.1, 0.15) is 6.92 Å². The van der Waals surface area contributed by atoms with Gasteiger partial charge in [-0.3, -0.25) is 0 Å². The van der Waals surface area contributed by atoms with Crippen LogP contribution in [0, 0.1) is 0 Å². The van der Waals surface area contributed by atoms with E-state index in [2.05, 4.69) is 15.0 Å². The Balaban J connectivity index is 1.94. The zero-order valence-electron chi connectivity index (χ0n) is 12.4. The van der Waals surface area contributed by atoms with Gasteiger partial charge in [0.15, 0.2) is 5.65 Å². The molecule has 0 spiro atoms. The van der Waals surface area contributed by atoms with E-state index in [-0.39, 0.29) is 11.9 Å². The van der Waals surface area contributed by atoms with Gasteiger partial charge in [-0.25, -0.2) is 9.97 Å². The number of hydrogen-bond donors (Lipinski definition) is 2. The van der Waals surface area contributed by atoms with Crippen LogP contribution in [0.5, 0.6) is 11.5 Å². The molecule has 0 aliphatic heterocycles. The smallest absolute Gasteiger partial charge is 0.178 e. The number of hydrogen-bond acceptors (Lipinski definition) is 5. The highest BCUT2D eigenvalue weighted by Gasteiger charge is 2.11. The average Bonchev–Trinajstić information content (AvgIpc) is 2.90. The van der Waals surface area contributed by atoms with Crippen molar-refractivity contribution < 1.29 is 14.6 Å². The molecule has 1 atom stereocenters. The van der Waals surface area contributed by atoms with Gasteiger partial charge in [-0.15, -0.1) is 0 Å². The second-order valence-corrected chi connectivity index (χ2v) is 5.06. The molecule has 6 heteroatoms. The topological polar surface area (TPSA) is 80.3 Å². The number of imidazole rings is 1. The van der Waals surface area contributed by atoms with Crippen LogP contribution in [0.3, 0.4) is 0 Å².